The van der Waals surface area contributed by atoms with Crippen LogP contribution >= 0.6 is 11.8 Å². The first-order chi connectivity index (χ1) is 27.8. The Labute approximate surface area is 348 Å². The fourth-order valence-corrected chi connectivity index (χ4v) is 4.10. The highest BCUT2D eigenvalue weighted by atomic mass is 32.2. The molecule has 9 amide bonds. The second-order valence-corrected chi connectivity index (χ2v) is 13.5. The van der Waals surface area contributed by atoms with E-state index in [1.54, 1.807) is 11.8 Å². The summed E-state index contributed by atoms with van der Waals surface area (Å²) < 4.78 is 20.3. The van der Waals surface area contributed by atoms with Crippen molar-refractivity contribution in [3.8, 4) is 0 Å². The predicted octanol–water partition coefficient (Wildman–Crippen LogP) is -6.20. The first-order valence-corrected chi connectivity index (χ1v) is 20.2. The number of hydrogen-bond acceptors (Lipinski definition) is 16. The van der Waals surface area contributed by atoms with Crippen molar-refractivity contribution in [2.75, 3.05) is 85.0 Å². The molecule has 0 radical (unpaired) electrons. The third-order valence-electron chi connectivity index (χ3n) is 7.21. The Morgan fingerprint density at radius 2 is 1.34 bits per heavy atom. The number of primary amides is 2. The number of carbonyl (C=O) groups is 9. The minimum atomic E-state index is -1.26. The number of ether oxygens (including phenoxy) is 4. The molecule has 59 heavy (non-hydrogen) atoms. The van der Waals surface area contributed by atoms with Gasteiger partial charge in [-0.05, 0) is 53.0 Å². The molecule has 1 aliphatic rings. The van der Waals surface area contributed by atoms with E-state index in [-0.39, 0.29) is 32.0 Å². The van der Waals surface area contributed by atoms with Crippen LogP contribution in [0.1, 0.15) is 40.5 Å². The van der Waals surface area contributed by atoms with E-state index < -0.39 is 90.1 Å². The van der Waals surface area contributed by atoms with Gasteiger partial charge < -0.3 is 79.1 Å². The summed E-state index contributed by atoms with van der Waals surface area (Å²) in [5.41, 5.74) is 20.9. The molecule has 1 aliphatic heterocycles. The van der Waals surface area contributed by atoms with E-state index in [0.29, 0.717) is 52.7 Å². The Bertz CT molecular complexity index is 1330. The predicted molar refractivity (Wildman–Crippen MR) is 216 cm³/mol. The summed E-state index contributed by atoms with van der Waals surface area (Å²) in [6.07, 6.45) is 3.77. The van der Waals surface area contributed by atoms with Gasteiger partial charge in [-0.15, -0.1) is 0 Å². The molecule has 0 aromatic rings. The summed E-state index contributed by atoms with van der Waals surface area (Å²) >= 11 is 1.75. The summed E-state index contributed by atoms with van der Waals surface area (Å²) in [5.74, 6) is -6.00. The number of rotatable bonds is 20. The average Bonchev–Trinajstić information content (AvgIpc) is 3.16. The van der Waals surface area contributed by atoms with E-state index >= 15 is 0 Å². The quantitative estimate of drug-likeness (QED) is 0.0507. The number of amides is 9. The van der Waals surface area contributed by atoms with Gasteiger partial charge in [0.05, 0.1) is 52.2 Å². The van der Waals surface area contributed by atoms with Gasteiger partial charge in [-0.3, -0.25) is 43.2 Å². The molecule has 1 saturated heterocycles. The summed E-state index contributed by atoms with van der Waals surface area (Å²) in [5, 5.41) is 17.0. The molecule has 340 valence electrons. The number of carbonyl (C=O) groups excluding carboxylic acids is 9. The molecule has 6 atom stereocenters. The zero-order valence-corrected chi connectivity index (χ0v) is 35.5. The Balaban J connectivity index is 0. The first kappa shape index (κ1) is 56.4. The summed E-state index contributed by atoms with van der Waals surface area (Å²) in [7, 11) is 0. The number of thioether (sulfide) groups is 1. The van der Waals surface area contributed by atoms with Gasteiger partial charge in [0.15, 0.2) is 0 Å². The lowest BCUT2D eigenvalue weighted by Gasteiger charge is -2.25. The number of hydrogen-bond donors (Lipinski definition) is 11. The highest BCUT2D eigenvalue weighted by Gasteiger charge is 2.31. The molecule has 1 rings (SSSR count). The van der Waals surface area contributed by atoms with Crippen molar-refractivity contribution < 1.29 is 62.1 Å². The van der Waals surface area contributed by atoms with Gasteiger partial charge in [-0.2, -0.15) is 11.8 Å². The molecular formula is C34H65N11O13S. The minimum Gasteiger partial charge on any atom is -0.378 e. The molecule has 1 heterocycles. The highest BCUT2D eigenvalue weighted by molar-refractivity contribution is 7.97. The molecule has 0 aromatic carbocycles. The van der Waals surface area contributed by atoms with Gasteiger partial charge in [0.2, 0.25) is 53.2 Å². The Morgan fingerprint density at radius 3 is 1.88 bits per heavy atom. The van der Waals surface area contributed by atoms with Crippen molar-refractivity contribution in [2.24, 2.45) is 22.9 Å². The van der Waals surface area contributed by atoms with E-state index in [0.717, 1.165) is 0 Å². The van der Waals surface area contributed by atoms with E-state index in [1.165, 1.54) is 27.7 Å². The van der Waals surface area contributed by atoms with Gasteiger partial charge >= 0.3 is 0 Å². The van der Waals surface area contributed by atoms with Crippen LogP contribution in [0.15, 0.2) is 0 Å². The standard InChI is InChI=1S/C20H34N8O7.C12H25N3O6.C2H6S/c1-8(21)16(31)27-12-5-6-13(19(34)25-9(2)15(22)30)28-18(33)11(4)24-14(29)7-23-17(32)10(3)26-20(12)35;13-1-3-18-5-7-20-8-6-19-4-2-15-12(17)10-21-9-11(14)16;1-3-2/h8-13H,5-7,21H2,1-4H3,(H2,22,30)(H,23,32)(H,24,29)(H,25,34)(H,26,35)(H,27,31)(H,28,33);1-10,13H2,(H2,14,16)(H,15,17);1-2H3/t8-,9-,10-,11-,12-,13-;;/m0../s1. The van der Waals surface area contributed by atoms with Crippen LogP contribution in [0.2, 0.25) is 0 Å². The zero-order chi connectivity index (χ0) is 45.3. The minimum absolute atomic E-state index is 0.150. The first-order valence-electron chi connectivity index (χ1n) is 18.6. The molecular weight excluding hydrogens is 803 g/mol. The lowest BCUT2D eigenvalue weighted by atomic mass is 10.0. The van der Waals surface area contributed by atoms with Crippen LogP contribution < -0.4 is 60.2 Å². The van der Waals surface area contributed by atoms with Gasteiger partial charge in [-0.25, -0.2) is 0 Å². The van der Waals surface area contributed by atoms with E-state index in [2.05, 4.69) is 37.2 Å². The Kier molecular flexibility index (Phi) is 32.7. The van der Waals surface area contributed by atoms with Crippen LogP contribution in [0.5, 0.6) is 0 Å². The third-order valence-corrected chi connectivity index (χ3v) is 7.21. The molecule has 0 unspecified atom stereocenters. The van der Waals surface area contributed by atoms with Crippen molar-refractivity contribution in [1.82, 2.24) is 37.2 Å². The number of nitrogens with two attached hydrogens (primary N) is 4. The molecule has 0 spiro atoms. The second-order valence-electron chi connectivity index (χ2n) is 12.7. The topological polar surface area (TPSA) is 379 Å². The van der Waals surface area contributed by atoms with Crippen molar-refractivity contribution in [1.29, 1.82) is 0 Å². The summed E-state index contributed by atoms with van der Waals surface area (Å²) in [6, 6.07) is -6.63. The monoisotopic (exact) mass is 867 g/mol. The highest BCUT2D eigenvalue weighted by Crippen LogP contribution is 2.06. The normalized spacial score (nSPS) is 19.7. The fraction of sp³-hybridized carbons (Fsp3) is 0.735. The largest absolute Gasteiger partial charge is 0.378 e. The Morgan fingerprint density at radius 1 is 0.780 bits per heavy atom. The van der Waals surface area contributed by atoms with Crippen LogP contribution in [0, 0.1) is 0 Å². The maximum absolute atomic E-state index is 12.8. The molecule has 24 nitrogen and oxygen atoms in total. The van der Waals surface area contributed by atoms with Gasteiger partial charge in [0, 0.05) is 13.1 Å². The SMILES string of the molecule is CSC.C[C@H](N)C(=O)N[C@H]1CC[C@@H](C(=O)N[C@@H](C)C(N)=O)NC(=O)[C@H](C)NC(=O)CNC(=O)[C@H](C)NC1=O.NCCOCCOCCOCCNC(=O)COCC(N)=O. The maximum Gasteiger partial charge on any atom is 0.246 e. The van der Waals surface area contributed by atoms with Crippen LogP contribution in [-0.2, 0) is 62.1 Å². The molecule has 15 N–H and O–H groups in total. The van der Waals surface area contributed by atoms with Crippen LogP contribution in [0.3, 0.4) is 0 Å². The lowest BCUT2D eigenvalue weighted by molar-refractivity contribution is -0.133. The molecule has 0 aliphatic carbocycles. The number of nitrogens with one attached hydrogen (secondary N) is 7. The van der Waals surface area contributed by atoms with Crippen molar-refractivity contribution in [2.45, 2.75) is 76.8 Å². The van der Waals surface area contributed by atoms with Crippen LogP contribution in [-0.4, -0.2) is 174 Å². The van der Waals surface area contributed by atoms with E-state index in [4.69, 9.17) is 41.9 Å². The average molecular weight is 868 g/mol. The van der Waals surface area contributed by atoms with Gasteiger partial charge in [-0.1, -0.05) is 0 Å². The Hall–Kier alpha value is -4.66. The smallest absolute Gasteiger partial charge is 0.246 e. The maximum atomic E-state index is 12.8. The molecule has 0 saturated carbocycles. The van der Waals surface area contributed by atoms with Crippen LogP contribution in [0.25, 0.3) is 0 Å². The zero-order valence-electron chi connectivity index (χ0n) is 34.7. The summed E-state index contributed by atoms with van der Waals surface area (Å²) in [4.78, 5) is 108. The van der Waals surface area contributed by atoms with Gasteiger partial charge in [0.25, 0.3) is 0 Å². The van der Waals surface area contributed by atoms with E-state index in [1.807, 2.05) is 12.5 Å². The fourth-order valence-electron chi connectivity index (χ4n) is 4.10. The molecule has 25 heteroatoms. The molecule has 0 aromatic heterocycles. The van der Waals surface area contributed by atoms with Crippen LogP contribution in [0.4, 0.5) is 0 Å². The molecule has 0 bridgehead atoms. The van der Waals surface area contributed by atoms with Crippen molar-refractivity contribution in [3.63, 3.8) is 0 Å². The lowest BCUT2D eigenvalue weighted by Crippen LogP contribution is -2.56. The van der Waals surface area contributed by atoms with Gasteiger partial charge in [0.1, 0.15) is 43.4 Å². The second kappa shape index (κ2) is 34.2. The van der Waals surface area contributed by atoms with Crippen molar-refractivity contribution >= 4 is 64.9 Å². The van der Waals surface area contributed by atoms with E-state index in [9.17, 15) is 43.2 Å². The molecule has 1 fully saturated rings. The third kappa shape index (κ3) is 30.1. The van der Waals surface area contributed by atoms with Crippen molar-refractivity contribution in [3.05, 3.63) is 0 Å². The summed E-state index contributed by atoms with van der Waals surface area (Å²) in [6.45, 7) is 8.23.